The molecule has 2 N–H and O–H groups in total. The van der Waals surface area contributed by atoms with Gasteiger partial charge in [0.05, 0.1) is 34.5 Å². The zero-order chi connectivity index (χ0) is 32.4. The number of amides is 4. The molecule has 0 radical (unpaired) electrons. The Labute approximate surface area is 272 Å². The van der Waals surface area contributed by atoms with Crippen LogP contribution in [0.25, 0.3) is 0 Å². The molecule has 4 aliphatic rings. The summed E-state index contributed by atoms with van der Waals surface area (Å²) in [5.41, 5.74) is 3.20. The normalized spacial score (nSPS) is 28.1. The number of carbonyl (C=O) groups is 4. The summed E-state index contributed by atoms with van der Waals surface area (Å²) in [6.45, 7) is 1.84. The van der Waals surface area contributed by atoms with Gasteiger partial charge in [0.15, 0.2) is 0 Å². The largest absolute Gasteiger partial charge is 0.508 e. The molecule has 6 unspecified atom stereocenters. The Balaban J connectivity index is 1.17. The Kier molecular flexibility index (Phi) is 6.65. The van der Waals surface area contributed by atoms with Crippen molar-refractivity contribution in [2.24, 2.45) is 29.1 Å². The molecular formula is C39H33N3O5. The van der Waals surface area contributed by atoms with Crippen LogP contribution in [0.2, 0.25) is 0 Å². The molecule has 0 bridgehead atoms. The van der Waals surface area contributed by atoms with Crippen molar-refractivity contribution in [3.8, 4) is 5.75 Å². The highest BCUT2D eigenvalue weighted by atomic mass is 16.3. The number of anilines is 4. The summed E-state index contributed by atoms with van der Waals surface area (Å²) in [6, 6.07) is 32.7. The fourth-order valence-electron chi connectivity index (χ4n) is 8.56. The van der Waals surface area contributed by atoms with Gasteiger partial charge in [0, 0.05) is 17.3 Å². The molecule has 0 aromatic heterocycles. The molecule has 234 valence electrons. The van der Waals surface area contributed by atoms with E-state index in [4.69, 9.17) is 0 Å². The number of phenolic OH excluding ortho intramolecular Hbond substituents is 1. The molecular weight excluding hydrogens is 590 g/mol. The minimum Gasteiger partial charge on any atom is -0.508 e. The van der Waals surface area contributed by atoms with Gasteiger partial charge in [-0.05, 0) is 91.9 Å². The van der Waals surface area contributed by atoms with E-state index in [1.54, 1.807) is 54.6 Å². The van der Waals surface area contributed by atoms with Crippen LogP contribution in [-0.2, 0) is 19.2 Å². The van der Waals surface area contributed by atoms with Gasteiger partial charge in [0.1, 0.15) is 5.75 Å². The zero-order valence-electron chi connectivity index (χ0n) is 25.7. The van der Waals surface area contributed by atoms with E-state index in [-0.39, 0.29) is 35.8 Å². The summed E-state index contributed by atoms with van der Waals surface area (Å²) in [5.74, 6) is -4.01. The number of aromatic hydroxyl groups is 1. The van der Waals surface area contributed by atoms with Crippen LogP contribution in [0.15, 0.2) is 121 Å². The maximum atomic E-state index is 14.4. The third kappa shape index (κ3) is 4.35. The van der Waals surface area contributed by atoms with Gasteiger partial charge >= 0.3 is 0 Å². The van der Waals surface area contributed by atoms with Gasteiger partial charge in [-0.1, -0.05) is 60.2 Å². The molecule has 4 aromatic carbocycles. The molecule has 4 aromatic rings. The van der Waals surface area contributed by atoms with Crippen LogP contribution in [0.5, 0.6) is 5.75 Å². The van der Waals surface area contributed by atoms with E-state index < -0.39 is 35.0 Å². The summed E-state index contributed by atoms with van der Waals surface area (Å²) >= 11 is 0. The second kappa shape index (κ2) is 10.8. The Morgan fingerprint density at radius 1 is 0.702 bits per heavy atom. The first-order chi connectivity index (χ1) is 22.8. The number of benzene rings is 4. The molecule has 2 heterocycles. The number of allylic oxidation sites excluding steroid dienone is 2. The molecule has 0 spiro atoms. The van der Waals surface area contributed by atoms with Gasteiger partial charge in [-0.2, -0.15) is 0 Å². The molecule has 8 nitrogen and oxygen atoms in total. The van der Waals surface area contributed by atoms with Crippen molar-refractivity contribution in [1.82, 2.24) is 0 Å². The molecule has 1 saturated carbocycles. The molecule has 6 atom stereocenters. The third-order valence-electron chi connectivity index (χ3n) is 10.7. The molecule has 47 heavy (non-hydrogen) atoms. The highest BCUT2D eigenvalue weighted by Gasteiger charge is 2.67. The lowest BCUT2D eigenvalue weighted by molar-refractivity contribution is -0.131. The maximum absolute atomic E-state index is 14.4. The highest BCUT2D eigenvalue weighted by molar-refractivity contribution is 6.25. The second-order valence-electron chi connectivity index (χ2n) is 13.1. The van der Waals surface area contributed by atoms with Crippen molar-refractivity contribution in [1.29, 1.82) is 0 Å². The maximum Gasteiger partial charge on any atom is 0.241 e. The van der Waals surface area contributed by atoms with Gasteiger partial charge in [-0.25, -0.2) is 4.90 Å². The fraction of sp³-hybridized carbons (Fsp3) is 0.231. The molecule has 2 saturated heterocycles. The SMILES string of the molecule is CC12C(=O)N(c3ccccc3)C(=O)C1CC1C(=CCC3C(=O)N(c4ccc(Nc5ccccc5)cc4)C(=O)C31)C2c1cccc(O)c1. The van der Waals surface area contributed by atoms with Crippen molar-refractivity contribution < 1.29 is 24.3 Å². The number of carbonyl (C=O) groups excluding carboxylic acids is 4. The number of hydrogen-bond acceptors (Lipinski definition) is 6. The van der Waals surface area contributed by atoms with E-state index in [9.17, 15) is 24.3 Å². The Morgan fingerprint density at radius 3 is 2.06 bits per heavy atom. The van der Waals surface area contributed by atoms with Crippen molar-refractivity contribution in [3.05, 3.63) is 126 Å². The summed E-state index contributed by atoms with van der Waals surface area (Å²) in [6.07, 6.45) is 2.65. The predicted octanol–water partition coefficient (Wildman–Crippen LogP) is 6.57. The van der Waals surface area contributed by atoms with Crippen LogP contribution >= 0.6 is 0 Å². The molecule has 8 rings (SSSR count). The van der Waals surface area contributed by atoms with Crippen LogP contribution in [0.4, 0.5) is 22.7 Å². The minimum atomic E-state index is -1.15. The first-order valence-electron chi connectivity index (χ1n) is 16.0. The van der Waals surface area contributed by atoms with Crippen molar-refractivity contribution in [2.45, 2.75) is 25.7 Å². The highest BCUT2D eigenvalue weighted by Crippen LogP contribution is 2.63. The van der Waals surface area contributed by atoms with Crippen molar-refractivity contribution >= 4 is 46.4 Å². The number of fused-ring (bicyclic) bond motifs is 4. The van der Waals surface area contributed by atoms with Crippen LogP contribution in [0, 0.1) is 29.1 Å². The number of phenols is 1. The average Bonchev–Trinajstić information content (AvgIpc) is 3.45. The molecule has 3 fully saturated rings. The van der Waals surface area contributed by atoms with E-state index in [1.165, 1.54) is 9.80 Å². The Bertz CT molecular complexity index is 1960. The third-order valence-corrected chi connectivity index (χ3v) is 10.7. The average molecular weight is 624 g/mol. The van der Waals surface area contributed by atoms with Crippen LogP contribution < -0.4 is 15.1 Å². The van der Waals surface area contributed by atoms with Crippen molar-refractivity contribution in [3.63, 3.8) is 0 Å². The number of nitrogens with zero attached hydrogens (tertiary/aromatic N) is 2. The lowest BCUT2D eigenvalue weighted by Gasteiger charge is -2.49. The number of para-hydroxylation sites is 2. The van der Waals surface area contributed by atoms with Gasteiger partial charge in [0.25, 0.3) is 0 Å². The van der Waals surface area contributed by atoms with Gasteiger partial charge in [-0.3, -0.25) is 24.1 Å². The van der Waals surface area contributed by atoms with Gasteiger partial charge < -0.3 is 10.4 Å². The first-order valence-corrected chi connectivity index (χ1v) is 16.0. The lowest BCUT2D eigenvalue weighted by atomic mass is 9.51. The minimum absolute atomic E-state index is 0.0549. The fourth-order valence-corrected chi connectivity index (χ4v) is 8.56. The van der Waals surface area contributed by atoms with E-state index in [0.717, 1.165) is 16.9 Å². The number of rotatable bonds is 5. The van der Waals surface area contributed by atoms with E-state index in [1.807, 2.05) is 67.6 Å². The summed E-state index contributed by atoms with van der Waals surface area (Å²) in [4.78, 5) is 59.5. The molecule has 2 aliphatic carbocycles. The molecule has 2 aliphatic heterocycles. The first kappa shape index (κ1) is 28.9. The summed E-state index contributed by atoms with van der Waals surface area (Å²) in [5, 5.41) is 13.8. The predicted molar refractivity (Wildman–Crippen MR) is 178 cm³/mol. The van der Waals surface area contributed by atoms with E-state index >= 15 is 0 Å². The van der Waals surface area contributed by atoms with Gasteiger partial charge in [-0.15, -0.1) is 0 Å². The van der Waals surface area contributed by atoms with Gasteiger partial charge in [0.2, 0.25) is 23.6 Å². The van der Waals surface area contributed by atoms with E-state index in [2.05, 4.69) is 5.32 Å². The quantitative estimate of drug-likeness (QED) is 0.192. The number of hydrogen-bond donors (Lipinski definition) is 2. The Hall–Kier alpha value is -5.50. The standard InChI is InChI=1S/C39H33N3O5/c1-39-32(36(45)42(38(39)47)26-12-6-3-7-13-26)22-31-29(34(39)23-9-8-14-28(43)21-23)19-20-30-33(31)37(46)41(35(30)44)27-17-15-25(16-18-27)40-24-10-4-2-5-11-24/h2-19,21,30-34,40,43H,20,22H2,1H3. The second-order valence-corrected chi connectivity index (χ2v) is 13.1. The topological polar surface area (TPSA) is 107 Å². The lowest BCUT2D eigenvalue weighted by Crippen LogP contribution is -2.48. The summed E-state index contributed by atoms with van der Waals surface area (Å²) in [7, 11) is 0. The Morgan fingerprint density at radius 2 is 1.36 bits per heavy atom. The van der Waals surface area contributed by atoms with E-state index in [0.29, 0.717) is 23.4 Å². The number of nitrogens with one attached hydrogen (secondary N) is 1. The van der Waals surface area contributed by atoms with Crippen molar-refractivity contribution in [2.75, 3.05) is 15.1 Å². The van der Waals surface area contributed by atoms with Crippen LogP contribution in [0.3, 0.4) is 0 Å². The molecule has 4 amide bonds. The monoisotopic (exact) mass is 623 g/mol. The van der Waals surface area contributed by atoms with Crippen LogP contribution in [-0.4, -0.2) is 28.7 Å². The van der Waals surface area contributed by atoms with Crippen LogP contribution in [0.1, 0.15) is 31.2 Å². The smallest absolute Gasteiger partial charge is 0.241 e. The summed E-state index contributed by atoms with van der Waals surface area (Å²) < 4.78 is 0. The molecule has 8 heteroatoms. The zero-order valence-corrected chi connectivity index (χ0v) is 25.7. The number of imide groups is 2.